The van der Waals surface area contributed by atoms with Gasteiger partial charge in [-0.1, -0.05) is 58.8 Å². The minimum absolute atomic E-state index is 0.00291. The average molecular weight is 359 g/mol. The maximum atomic E-state index is 13.9. The minimum Gasteiger partial charge on any atom is -0.299 e. The van der Waals surface area contributed by atoms with Gasteiger partial charge in [0.05, 0.1) is 0 Å². The predicted molar refractivity (Wildman–Crippen MR) is 97.9 cm³/mol. The molecule has 2 nitrogen and oxygen atoms in total. The third-order valence-corrected chi connectivity index (χ3v) is 5.61. The summed E-state index contributed by atoms with van der Waals surface area (Å²) < 4.78 is 27.8. The van der Waals surface area contributed by atoms with E-state index in [0.717, 1.165) is 38.5 Å². The number of unbranched alkanes of at least 4 members (excludes halogenated alkanes) is 6. The summed E-state index contributed by atoms with van der Waals surface area (Å²) >= 11 is 0. The summed E-state index contributed by atoms with van der Waals surface area (Å²) in [7, 11) is 0. The fourth-order valence-corrected chi connectivity index (χ4v) is 3.92. The second-order valence-electron chi connectivity index (χ2n) is 7.70. The molecule has 0 N–H and O–H groups in total. The number of alkyl halides is 2. The highest BCUT2D eigenvalue weighted by molar-refractivity contribution is 5.86. The predicted octanol–water partition coefficient (Wildman–Crippen LogP) is 6.51. The lowest BCUT2D eigenvalue weighted by molar-refractivity contribution is -0.144. The molecule has 1 aliphatic rings. The van der Waals surface area contributed by atoms with Crippen LogP contribution in [-0.2, 0) is 9.59 Å². The van der Waals surface area contributed by atoms with E-state index in [1.54, 1.807) is 0 Å². The number of hydrogen-bond donors (Lipinski definition) is 0. The Hall–Kier alpha value is -0.800. The molecule has 1 saturated carbocycles. The number of rotatable bonds is 14. The zero-order valence-corrected chi connectivity index (χ0v) is 16.1. The zero-order valence-electron chi connectivity index (χ0n) is 16.1. The zero-order chi connectivity index (χ0) is 18.7. The van der Waals surface area contributed by atoms with Gasteiger partial charge in [0.25, 0.3) is 0 Å². The van der Waals surface area contributed by atoms with Gasteiger partial charge in [-0.15, -0.1) is 0 Å². The van der Waals surface area contributed by atoms with E-state index in [1.165, 1.54) is 19.3 Å². The van der Waals surface area contributed by atoms with Crippen LogP contribution < -0.4 is 0 Å². The molecule has 25 heavy (non-hydrogen) atoms. The van der Waals surface area contributed by atoms with Crippen molar-refractivity contribution in [2.24, 2.45) is 11.8 Å². The van der Waals surface area contributed by atoms with Gasteiger partial charge in [0, 0.05) is 25.2 Å². The summed E-state index contributed by atoms with van der Waals surface area (Å²) in [5.41, 5.74) is 0. The number of Topliss-reactive ketones (excluding diaryl/α,β-unsaturated/α-hetero) is 2. The fraction of sp³-hybridized carbons (Fsp3) is 0.905. The Labute approximate surface area is 152 Å². The van der Waals surface area contributed by atoms with Crippen LogP contribution in [0.3, 0.4) is 0 Å². The van der Waals surface area contributed by atoms with Crippen molar-refractivity contribution in [1.29, 1.82) is 0 Å². The summed E-state index contributed by atoms with van der Waals surface area (Å²) in [5.74, 6) is -3.70. The quantitative estimate of drug-likeness (QED) is 0.332. The second kappa shape index (κ2) is 11.7. The van der Waals surface area contributed by atoms with Crippen LogP contribution in [0.1, 0.15) is 104 Å². The summed E-state index contributed by atoms with van der Waals surface area (Å²) in [5, 5.41) is 0. The summed E-state index contributed by atoms with van der Waals surface area (Å²) in [4.78, 5) is 24.0. The Balaban J connectivity index is 2.37. The first-order chi connectivity index (χ1) is 11.9. The Bertz CT molecular complexity index is 407. The van der Waals surface area contributed by atoms with Gasteiger partial charge >= 0.3 is 5.92 Å². The molecule has 0 amide bonds. The molecule has 146 valence electrons. The first-order valence-electron chi connectivity index (χ1n) is 10.4. The molecule has 0 heterocycles. The first kappa shape index (κ1) is 22.2. The van der Waals surface area contributed by atoms with E-state index >= 15 is 0 Å². The molecule has 0 aromatic heterocycles. The summed E-state index contributed by atoms with van der Waals surface area (Å²) in [6.07, 6.45) is 10.0. The Kier molecular flexibility index (Phi) is 10.4. The van der Waals surface area contributed by atoms with Gasteiger partial charge in [-0.25, -0.2) is 0 Å². The second-order valence-corrected chi connectivity index (χ2v) is 7.70. The third-order valence-electron chi connectivity index (χ3n) is 5.61. The largest absolute Gasteiger partial charge is 0.305 e. The van der Waals surface area contributed by atoms with Crippen LogP contribution in [0.25, 0.3) is 0 Å². The van der Waals surface area contributed by atoms with Gasteiger partial charge < -0.3 is 0 Å². The van der Waals surface area contributed by atoms with Crippen LogP contribution >= 0.6 is 0 Å². The smallest absolute Gasteiger partial charge is 0.299 e. The molecule has 0 aliphatic heterocycles. The van der Waals surface area contributed by atoms with E-state index in [2.05, 4.69) is 6.92 Å². The molecule has 2 atom stereocenters. The summed E-state index contributed by atoms with van der Waals surface area (Å²) in [6, 6.07) is 0. The molecule has 1 rings (SSSR count). The molecule has 0 aromatic carbocycles. The van der Waals surface area contributed by atoms with E-state index in [9.17, 15) is 18.4 Å². The molecule has 1 aliphatic carbocycles. The van der Waals surface area contributed by atoms with Gasteiger partial charge in [0.2, 0.25) is 5.78 Å². The highest BCUT2D eigenvalue weighted by atomic mass is 19.3. The molecule has 0 aromatic rings. The lowest BCUT2D eigenvalue weighted by Crippen LogP contribution is -2.29. The van der Waals surface area contributed by atoms with E-state index in [1.807, 2.05) is 6.92 Å². The average Bonchev–Trinajstić information content (AvgIpc) is 2.92. The molecule has 0 saturated heterocycles. The van der Waals surface area contributed by atoms with E-state index in [0.29, 0.717) is 19.3 Å². The SMILES string of the molecule is CCCCCCC[C@H]1C(=O)CC[C@@H]1CCC(=O)C(F)(F)CCCCC. The third kappa shape index (κ3) is 7.96. The van der Waals surface area contributed by atoms with Gasteiger partial charge in [-0.3, -0.25) is 9.59 Å². The van der Waals surface area contributed by atoms with Crippen molar-refractivity contribution in [3.05, 3.63) is 0 Å². The Morgan fingerprint density at radius 1 is 1.00 bits per heavy atom. The van der Waals surface area contributed by atoms with Gasteiger partial charge in [0.15, 0.2) is 0 Å². The molecule has 0 bridgehead atoms. The monoisotopic (exact) mass is 358 g/mol. The molecule has 0 unspecified atom stereocenters. The minimum atomic E-state index is -3.19. The van der Waals surface area contributed by atoms with Gasteiger partial charge in [-0.05, 0) is 31.6 Å². The number of ketones is 2. The maximum Gasteiger partial charge on any atom is 0.305 e. The number of halogens is 2. The van der Waals surface area contributed by atoms with Crippen molar-refractivity contribution in [3.63, 3.8) is 0 Å². The molecular formula is C21H36F2O2. The van der Waals surface area contributed by atoms with Crippen LogP contribution in [-0.4, -0.2) is 17.5 Å². The number of carbonyl (C=O) groups excluding carboxylic acids is 2. The van der Waals surface area contributed by atoms with Crippen molar-refractivity contribution >= 4 is 11.6 Å². The molecule has 4 heteroatoms. The van der Waals surface area contributed by atoms with Crippen LogP contribution in [0.2, 0.25) is 0 Å². The molecular weight excluding hydrogens is 322 g/mol. The standard InChI is InChI=1S/C21H36F2O2/c1-3-5-7-8-9-11-18-17(12-14-19(18)24)13-15-20(25)21(22,23)16-10-6-4-2/h17-18H,3-16H2,1-2H3/t17-,18-/m1/s1. The van der Waals surface area contributed by atoms with Crippen LogP contribution in [0.4, 0.5) is 8.78 Å². The van der Waals surface area contributed by atoms with Crippen LogP contribution in [0.5, 0.6) is 0 Å². The van der Waals surface area contributed by atoms with Crippen molar-refractivity contribution in [2.45, 2.75) is 110 Å². The molecule has 0 radical (unpaired) electrons. The van der Waals surface area contributed by atoms with Crippen LogP contribution in [0.15, 0.2) is 0 Å². The van der Waals surface area contributed by atoms with Crippen molar-refractivity contribution in [2.75, 3.05) is 0 Å². The highest BCUT2D eigenvalue weighted by Crippen LogP contribution is 2.37. The first-order valence-corrected chi connectivity index (χ1v) is 10.4. The number of carbonyl (C=O) groups is 2. The fourth-order valence-electron chi connectivity index (χ4n) is 3.92. The molecule has 1 fully saturated rings. The van der Waals surface area contributed by atoms with Crippen molar-refractivity contribution < 1.29 is 18.4 Å². The maximum absolute atomic E-state index is 13.9. The Morgan fingerprint density at radius 3 is 2.32 bits per heavy atom. The topological polar surface area (TPSA) is 34.1 Å². The van der Waals surface area contributed by atoms with E-state index < -0.39 is 11.7 Å². The van der Waals surface area contributed by atoms with Gasteiger partial charge in [0.1, 0.15) is 5.78 Å². The van der Waals surface area contributed by atoms with E-state index in [4.69, 9.17) is 0 Å². The lowest BCUT2D eigenvalue weighted by atomic mass is 9.85. The number of hydrogen-bond acceptors (Lipinski definition) is 2. The summed E-state index contributed by atoms with van der Waals surface area (Å²) in [6.45, 7) is 4.13. The van der Waals surface area contributed by atoms with Crippen LogP contribution in [0, 0.1) is 11.8 Å². The lowest BCUT2D eigenvalue weighted by Gasteiger charge is -2.20. The van der Waals surface area contributed by atoms with Gasteiger partial charge in [-0.2, -0.15) is 8.78 Å². The molecule has 0 spiro atoms. The Morgan fingerprint density at radius 2 is 1.64 bits per heavy atom. The van der Waals surface area contributed by atoms with Crippen molar-refractivity contribution in [1.82, 2.24) is 0 Å². The van der Waals surface area contributed by atoms with E-state index in [-0.39, 0.29) is 30.5 Å². The van der Waals surface area contributed by atoms with Crippen molar-refractivity contribution in [3.8, 4) is 0 Å². The normalized spacial score (nSPS) is 21.0. The highest BCUT2D eigenvalue weighted by Gasteiger charge is 2.39.